The Morgan fingerprint density at radius 2 is 2.05 bits per heavy atom. The highest BCUT2D eigenvalue weighted by Gasteiger charge is 2.26. The third-order valence-electron chi connectivity index (χ3n) is 2.83. The quantitative estimate of drug-likeness (QED) is 0.803. The number of hydrogen-bond acceptors (Lipinski definition) is 4. The molecular weight excluding hydrogens is 271 g/mol. The lowest BCUT2D eigenvalue weighted by Gasteiger charge is -2.21. The molecule has 0 aliphatic carbocycles. The van der Waals surface area contributed by atoms with Gasteiger partial charge in [0.2, 0.25) is 10.0 Å². The predicted octanol–water partition coefficient (Wildman–Crippen LogP) is 1.37. The highest BCUT2D eigenvalue weighted by atomic mass is 32.2. The van der Waals surface area contributed by atoms with Crippen LogP contribution >= 0.6 is 0 Å². The molecule has 7 heteroatoms. The number of benzene rings is 1. The summed E-state index contributed by atoms with van der Waals surface area (Å²) in [6, 6.07) is 2.39. The van der Waals surface area contributed by atoms with Crippen molar-refractivity contribution in [1.82, 2.24) is 4.31 Å². The molecule has 0 unspecified atom stereocenters. The minimum atomic E-state index is -3.77. The fourth-order valence-corrected chi connectivity index (χ4v) is 3.42. The van der Waals surface area contributed by atoms with Crippen molar-refractivity contribution in [3.8, 4) is 0 Å². The summed E-state index contributed by atoms with van der Waals surface area (Å²) in [7, 11) is -2.27. The van der Waals surface area contributed by atoms with Crippen LogP contribution in [0.5, 0.6) is 0 Å². The number of methoxy groups -OCH3 is 1. The molecule has 5 nitrogen and oxygen atoms in total. The van der Waals surface area contributed by atoms with E-state index < -0.39 is 15.8 Å². The molecule has 0 saturated carbocycles. The van der Waals surface area contributed by atoms with Crippen molar-refractivity contribution in [2.45, 2.75) is 18.7 Å². The fraction of sp³-hybridized carbons (Fsp3) is 0.500. The van der Waals surface area contributed by atoms with Crippen molar-refractivity contribution in [3.63, 3.8) is 0 Å². The van der Waals surface area contributed by atoms with Gasteiger partial charge in [0.15, 0.2) is 0 Å². The molecule has 0 aromatic heterocycles. The van der Waals surface area contributed by atoms with Crippen LogP contribution in [0.25, 0.3) is 0 Å². The standard InChI is InChI=1S/C12H19FN2O3S/c1-4-15(5-6-18-3)19(16,17)12-8-10(14)7-11(13)9(12)2/h7-8H,4-6,14H2,1-3H3. The Bertz CT molecular complexity index is 546. The molecule has 108 valence electrons. The molecule has 1 rings (SSSR count). The minimum Gasteiger partial charge on any atom is -0.399 e. The van der Waals surface area contributed by atoms with Crippen molar-refractivity contribution in [2.75, 3.05) is 32.5 Å². The van der Waals surface area contributed by atoms with Gasteiger partial charge in [0.05, 0.1) is 11.5 Å². The summed E-state index contributed by atoms with van der Waals surface area (Å²) in [6.45, 7) is 3.90. The SMILES string of the molecule is CCN(CCOC)S(=O)(=O)c1cc(N)cc(F)c1C. The summed E-state index contributed by atoms with van der Waals surface area (Å²) < 4.78 is 44.6. The molecule has 1 aromatic carbocycles. The van der Waals surface area contributed by atoms with E-state index in [4.69, 9.17) is 10.5 Å². The molecule has 0 aliphatic rings. The molecule has 0 fully saturated rings. The Kier molecular flexibility index (Phi) is 5.28. The first-order valence-corrected chi connectivity index (χ1v) is 7.33. The van der Waals surface area contributed by atoms with E-state index in [1.165, 1.54) is 24.4 Å². The van der Waals surface area contributed by atoms with Gasteiger partial charge in [-0.25, -0.2) is 12.8 Å². The second-order valence-corrected chi connectivity index (χ2v) is 6.02. The molecule has 0 heterocycles. The third kappa shape index (κ3) is 3.43. The smallest absolute Gasteiger partial charge is 0.243 e. The summed E-state index contributed by atoms with van der Waals surface area (Å²) in [5, 5.41) is 0. The molecule has 0 bridgehead atoms. The first kappa shape index (κ1) is 15.9. The van der Waals surface area contributed by atoms with Crippen LogP contribution in [0.15, 0.2) is 17.0 Å². The van der Waals surface area contributed by atoms with Crippen LogP contribution in [0, 0.1) is 12.7 Å². The first-order chi connectivity index (χ1) is 8.84. The zero-order valence-electron chi connectivity index (χ0n) is 11.3. The maximum absolute atomic E-state index is 13.6. The van der Waals surface area contributed by atoms with Crippen LogP contribution in [0.3, 0.4) is 0 Å². The van der Waals surface area contributed by atoms with Gasteiger partial charge in [0.25, 0.3) is 0 Å². The Balaban J connectivity index is 3.25. The van der Waals surface area contributed by atoms with E-state index in [9.17, 15) is 12.8 Å². The zero-order valence-corrected chi connectivity index (χ0v) is 12.1. The number of ether oxygens (including phenoxy) is 1. The van der Waals surface area contributed by atoms with Gasteiger partial charge < -0.3 is 10.5 Å². The summed E-state index contributed by atoms with van der Waals surface area (Å²) in [5.41, 5.74) is 5.68. The number of rotatable bonds is 6. The van der Waals surface area contributed by atoms with Crippen molar-refractivity contribution in [1.29, 1.82) is 0 Å². The Morgan fingerprint density at radius 1 is 1.42 bits per heavy atom. The van der Waals surface area contributed by atoms with Gasteiger partial charge >= 0.3 is 0 Å². The molecule has 0 amide bonds. The molecule has 0 atom stereocenters. The number of nitrogens with two attached hydrogens (primary N) is 1. The highest BCUT2D eigenvalue weighted by Crippen LogP contribution is 2.24. The molecular formula is C12H19FN2O3S. The average molecular weight is 290 g/mol. The molecule has 19 heavy (non-hydrogen) atoms. The lowest BCUT2D eigenvalue weighted by molar-refractivity contribution is 0.180. The number of likely N-dealkylation sites (N-methyl/N-ethyl adjacent to an activating group) is 1. The van der Waals surface area contributed by atoms with E-state index >= 15 is 0 Å². The maximum atomic E-state index is 13.6. The van der Waals surface area contributed by atoms with Crippen LogP contribution in [-0.4, -0.2) is 39.5 Å². The summed E-state index contributed by atoms with van der Waals surface area (Å²) in [6.07, 6.45) is 0. The molecule has 0 saturated heterocycles. The van der Waals surface area contributed by atoms with Gasteiger partial charge in [0, 0.05) is 31.5 Å². The van der Waals surface area contributed by atoms with E-state index in [1.807, 2.05) is 0 Å². The predicted molar refractivity (Wildman–Crippen MR) is 71.9 cm³/mol. The van der Waals surface area contributed by atoms with Crippen LogP contribution in [0.4, 0.5) is 10.1 Å². The number of nitrogen functional groups attached to an aromatic ring is 1. The lowest BCUT2D eigenvalue weighted by atomic mass is 10.2. The zero-order chi connectivity index (χ0) is 14.6. The van der Waals surface area contributed by atoms with E-state index in [1.54, 1.807) is 6.92 Å². The number of hydrogen-bond donors (Lipinski definition) is 1. The molecule has 0 spiro atoms. The maximum Gasteiger partial charge on any atom is 0.243 e. The molecule has 0 radical (unpaired) electrons. The molecule has 1 aromatic rings. The van der Waals surface area contributed by atoms with Gasteiger partial charge in [-0.15, -0.1) is 0 Å². The van der Waals surface area contributed by atoms with E-state index in [0.29, 0.717) is 0 Å². The van der Waals surface area contributed by atoms with Crippen molar-refractivity contribution in [3.05, 3.63) is 23.5 Å². The van der Waals surface area contributed by atoms with Gasteiger partial charge in [-0.1, -0.05) is 6.92 Å². The van der Waals surface area contributed by atoms with E-state index in [2.05, 4.69) is 0 Å². The highest BCUT2D eigenvalue weighted by molar-refractivity contribution is 7.89. The van der Waals surface area contributed by atoms with Crippen LogP contribution in [-0.2, 0) is 14.8 Å². The van der Waals surface area contributed by atoms with Gasteiger partial charge in [0.1, 0.15) is 5.82 Å². The number of nitrogens with zero attached hydrogens (tertiary/aromatic N) is 1. The Hall–Kier alpha value is -1.18. The Labute approximate surface area is 113 Å². The van der Waals surface area contributed by atoms with Crippen LogP contribution < -0.4 is 5.73 Å². The van der Waals surface area contributed by atoms with Crippen LogP contribution in [0.2, 0.25) is 0 Å². The monoisotopic (exact) mass is 290 g/mol. The summed E-state index contributed by atoms with van der Waals surface area (Å²) in [5.74, 6) is -0.624. The third-order valence-corrected chi connectivity index (χ3v) is 4.93. The number of anilines is 1. The normalized spacial score (nSPS) is 12.1. The summed E-state index contributed by atoms with van der Waals surface area (Å²) in [4.78, 5) is -0.0945. The second kappa shape index (κ2) is 6.31. The van der Waals surface area contributed by atoms with Gasteiger partial charge in [-0.05, 0) is 19.1 Å². The number of halogens is 1. The van der Waals surface area contributed by atoms with Crippen LogP contribution in [0.1, 0.15) is 12.5 Å². The van der Waals surface area contributed by atoms with E-state index in [-0.39, 0.29) is 35.8 Å². The first-order valence-electron chi connectivity index (χ1n) is 5.89. The van der Waals surface area contributed by atoms with Gasteiger partial charge in [-0.2, -0.15) is 4.31 Å². The second-order valence-electron chi connectivity index (χ2n) is 4.12. The number of sulfonamides is 1. The van der Waals surface area contributed by atoms with Crippen molar-refractivity contribution >= 4 is 15.7 Å². The van der Waals surface area contributed by atoms with Gasteiger partial charge in [-0.3, -0.25) is 0 Å². The Morgan fingerprint density at radius 3 is 2.58 bits per heavy atom. The molecule has 0 aliphatic heterocycles. The van der Waals surface area contributed by atoms with Crippen molar-refractivity contribution in [2.24, 2.45) is 0 Å². The van der Waals surface area contributed by atoms with E-state index in [0.717, 1.165) is 6.07 Å². The minimum absolute atomic E-state index is 0.0741. The summed E-state index contributed by atoms with van der Waals surface area (Å²) >= 11 is 0. The lowest BCUT2D eigenvalue weighted by Crippen LogP contribution is -2.34. The van der Waals surface area contributed by atoms with Crippen molar-refractivity contribution < 1.29 is 17.5 Å². The topological polar surface area (TPSA) is 72.6 Å². The fourth-order valence-electron chi connectivity index (χ4n) is 1.72. The average Bonchev–Trinajstić information content (AvgIpc) is 2.34. The molecule has 2 N–H and O–H groups in total. The largest absolute Gasteiger partial charge is 0.399 e.